The lowest BCUT2D eigenvalue weighted by Gasteiger charge is -2.16. The van der Waals surface area contributed by atoms with Crippen LogP contribution in [0, 0.1) is 13.8 Å². The van der Waals surface area contributed by atoms with Gasteiger partial charge < -0.3 is 9.64 Å². The largest absolute Gasteiger partial charge is 0.493 e. The Labute approximate surface area is 155 Å². The second-order valence-electron chi connectivity index (χ2n) is 6.20. The maximum Gasteiger partial charge on any atom is 0.299 e. The second kappa shape index (κ2) is 7.40. The molecule has 0 bridgehead atoms. The Morgan fingerprint density at radius 3 is 2.68 bits per heavy atom. The fourth-order valence-corrected chi connectivity index (χ4v) is 3.29. The highest BCUT2D eigenvalue weighted by Crippen LogP contribution is 2.31. The molecule has 0 fully saturated rings. The molecule has 0 aliphatic carbocycles. The number of nitrogens with zero attached hydrogens (tertiary/aromatic N) is 1. The Morgan fingerprint density at radius 1 is 1.08 bits per heavy atom. The highest BCUT2D eigenvalue weighted by atomic mass is 79.9. The minimum absolute atomic E-state index is 0.428. The molecule has 0 atom stereocenters. The summed E-state index contributed by atoms with van der Waals surface area (Å²) in [6.45, 7) is 5.23. The molecule has 0 radical (unpaired) electrons. The lowest BCUT2D eigenvalue weighted by Crippen LogP contribution is -2.30. The Balaban J connectivity index is 1.54. The number of fused-ring (bicyclic) bond motifs is 1. The van der Waals surface area contributed by atoms with Gasteiger partial charge in [0.1, 0.15) is 5.75 Å². The number of carbonyl (C=O) groups excluding carboxylic acids is 2. The van der Waals surface area contributed by atoms with Gasteiger partial charge in [-0.25, -0.2) is 0 Å². The molecule has 1 heterocycles. The Morgan fingerprint density at radius 2 is 1.88 bits per heavy atom. The first kappa shape index (κ1) is 17.7. The molecule has 0 spiro atoms. The highest BCUT2D eigenvalue weighted by Gasteiger charge is 2.35. The molecule has 1 aliphatic heterocycles. The number of amides is 1. The summed E-state index contributed by atoms with van der Waals surface area (Å²) in [5.74, 6) is 0.0362. The summed E-state index contributed by atoms with van der Waals surface area (Å²) in [6.07, 6.45) is 1.59. The van der Waals surface area contributed by atoms with Gasteiger partial charge in [-0.15, -0.1) is 0 Å². The minimum Gasteiger partial charge on any atom is -0.493 e. The highest BCUT2D eigenvalue weighted by molar-refractivity contribution is 9.10. The summed E-state index contributed by atoms with van der Waals surface area (Å²) >= 11 is 3.34. The van der Waals surface area contributed by atoms with Gasteiger partial charge in [-0.1, -0.05) is 28.1 Å². The molecular weight excluding hydrogens is 382 g/mol. The van der Waals surface area contributed by atoms with Gasteiger partial charge in [0.25, 0.3) is 11.7 Å². The van der Waals surface area contributed by atoms with Crippen LogP contribution in [0.25, 0.3) is 0 Å². The van der Waals surface area contributed by atoms with Crippen molar-refractivity contribution in [3.05, 3.63) is 57.6 Å². The number of aryl methyl sites for hydroxylation is 1. The number of halogens is 1. The van der Waals surface area contributed by atoms with E-state index < -0.39 is 11.7 Å². The summed E-state index contributed by atoms with van der Waals surface area (Å²) < 4.78 is 6.64. The SMILES string of the molecule is Cc1cccc(OCCCCN2C(=O)C(=O)c3cc(Br)ccc32)c1C. The Kier molecular flexibility index (Phi) is 5.23. The van der Waals surface area contributed by atoms with Crippen molar-refractivity contribution in [2.75, 3.05) is 18.1 Å². The lowest BCUT2D eigenvalue weighted by molar-refractivity contribution is -0.114. The van der Waals surface area contributed by atoms with E-state index in [9.17, 15) is 9.59 Å². The van der Waals surface area contributed by atoms with E-state index in [0.717, 1.165) is 28.6 Å². The molecular formula is C20H20BrNO3. The number of anilines is 1. The molecule has 0 N–H and O–H groups in total. The number of ether oxygens (including phenoxy) is 1. The van der Waals surface area contributed by atoms with Crippen LogP contribution in [0.5, 0.6) is 5.75 Å². The number of rotatable bonds is 6. The molecule has 1 amide bonds. The van der Waals surface area contributed by atoms with Crippen molar-refractivity contribution in [1.82, 2.24) is 0 Å². The van der Waals surface area contributed by atoms with Crippen molar-refractivity contribution >= 4 is 33.3 Å². The molecule has 0 saturated heterocycles. The van der Waals surface area contributed by atoms with Gasteiger partial charge in [-0.05, 0) is 62.1 Å². The van der Waals surface area contributed by atoms with E-state index in [0.29, 0.717) is 24.4 Å². The fraction of sp³-hybridized carbons (Fsp3) is 0.300. The lowest BCUT2D eigenvalue weighted by atomic mass is 10.1. The summed E-state index contributed by atoms with van der Waals surface area (Å²) in [4.78, 5) is 25.8. The summed E-state index contributed by atoms with van der Waals surface area (Å²) in [5.41, 5.74) is 3.54. The molecule has 0 unspecified atom stereocenters. The van der Waals surface area contributed by atoms with Gasteiger partial charge in [-0.3, -0.25) is 9.59 Å². The van der Waals surface area contributed by atoms with Crippen molar-refractivity contribution < 1.29 is 14.3 Å². The quantitative estimate of drug-likeness (QED) is 0.530. The fourth-order valence-electron chi connectivity index (χ4n) is 2.93. The zero-order valence-electron chi connectivity index (χ0n) is 14.3. The van der Waals surface area contributed by atoms with Gasteiger partial charge in [0, 0.05) is 11.0 Å². The first-order valence-corrected chi connectivity index (χ1v) is 9.13. The van der Waals surface area contributed by atoms with Crippen molar-refractivity contribution in [2.45, 2.75) is 26.7 Å². The number of carbonyl (C=O) groups is 2. The van der Waals surface area contributed by atoms with Gasteiger partial charge in [0.05, 0.1) is 17.9 Å². The van der Waals surface area contributed by atoms with E-state index in [1.165, 1.54) is 5.56 Å². The van der Waals surface area contributed by atoms with Crippen LogP contribution >= 0.6 is 15.9 Å². The summed E-state index contributed by atoms with van der Waals surface area (Å²) in [6, 6.07) is 11.4. The van der Waals surface area contributed by atoms with Crippen LogP contribution in [0.2, 0.25) is 0 Å². The van der Waals surface area contributed by atoms with E-state index in [2.05, 4.69) is 28.9 Å². The van der Waals surface area contributed by atoms with Crippen LogP contribution in [0.4, 0.5) is 5.69 Å². The van der Waals surface area contributed by atoms with Gasteiger partial charge >= 0.3 is 0 Å². The molecule has 4 nitrogen and oxygen atoms in total. The molecule has 0 aromatic heterocycles. The Hall–Kier alpha value is -2.14. The van der Waals surface area contributed by atoms with Crippen LogP contribution in [0.15, 0.2) is 40.9 Å². The van der Waals surface area contributed by atoms with E-state index >= 15 is 0 Å². The van der Waals surface area contributed by atoms with Crippen molar-refractivity contribution in [3.8, 4) is 5.75 Å². The van der Waals surface area contributed by atoms with Crippen molar-refractivity contribution in [1.29, 1.82) is 0 Å². The maximum absolute atomic E-state index is 12.2. The molecule has 5 heteroatoms. The first-order chi connectivity index (χ1) is 12.0. The molecule has 3 rings (SSSR count). The zero-order chi connectivity index (χ0) is 18.0. The van der Waals surface area contributed by atoms with Crippen LogP contribution in [-0.4, -0.2) is 24.8 Å². The molecule has 0 saturated carbocycles. The third-order valence-electron chi connectivity index (χ3n) is 4.52. The number of ketones is 1. The smallest absolute Gasteiger partial charge is 0.299 e. The number of benzene rings is 2. The normalized spacial score (nSPS) is 13.3. The predicted molar refractivity (Wildman–Crippen MR) is 101 cm³/mol. The van der Waals surface area contributed by atoms with Gasteiger partial charge in [0.15, 0.2) is 0 Å². The molecule has 1 aliphatic rings. The van der Waals surface area contributed by atoms with Crippen LogP contribution in [0.3, 0.4) is 0 Å². The summed E-state index contributed by atoms with van der Waals surface area (Å²) in [5, 5.41) is 0. The summed E-state index contributed by atoms with van der Waals surface area (Å²) in [7, 11) is 0. The van der Waals surface area contributed by atoms with Crippen LogP contribution < -0.4 is 9.64 Å². The first-order valence-electron chi connectivity index (χ1n) is 8.34. The molecule has 2 aromatic rings. The number of Topliss-reactive ketones (excluding diaryl/α,β-unsaturated/α-hetero) is 1. The third-order valence-corrected chi connectivity index (χ3v) is 5.02. The van der Waals surface area contributed by atoms with Gasteiger partial charge in [0.2, 0.25) is 0 Å². The van der Waals surface area contributed by atoms with E-state index in [4.69, 9.17) is 4.74 Å². The van der Waals surface area contributed by atoms with Crippen molar-refractivity contribution in [2.24, 2.45) is 0 Å². The average Bonchev–Trinajstić information content (AvgIpc) is 2.82. The van der Waals surface area contributed by atoms with Crippen LogP contribution in [-0.2, 0) is 4.79 Å². The van der Waals surface area contributed by atoms with Crippen molar-refractivity contribution in [3.63, 3.8) is 0 Å². The van der Waals surface area contributed by atoms with Crippen LogP contribution in [0.1, 0.15) is 34.3 Å². The zero-order valence-corrected chi connectivity index (χ0v) is 15.9. The predicted octanol–water partition coefficient (Wildman–Crippen LogP) is 4.45. The molecule has 2 aromatic carbocycles. The molecule has 25 heavy (non-hydrogen) atoms. The van der Waals surface area contributed by atoms with E-state index in [-0.39, 0.29) is 0 Å². The maximum atomic E-state index is 12.2. The average molecular weight is 402 g/mol. The van der Waals surface area contributed by atoms with Gasteiger partial charge in [-0.2, -0.15) is 0 Å². The number of hydrogen-bond acceptors (Lipinski definition) is 3. The van der Waals surface area contributed by atoms with E-state index in [1.54, 1.807) is 11.0 Å². The number of unbranched alkanes of at least 4 members (excludes halogenated alkanes) is 1. The molecule has 130 valence electrons. The number of hydrogen-bond donors (Lipinski definition) is 0. The second-order valence-corrected chi connectivity index (χ2v) is 7.12. The van der Waals surface area contributed by atoms with E-state index in [1.807, 2.05) is 31.2 Å². The standard InChI is InChI=1S/C20H20BrNO3/c1-13-6-5-7-18(14(13)2)25-11-4-3-10-22-17-9-8-15(21)12-16(17)19(23)20(22)24/h5-9,12H,3-4,10-11H2,1-2H3. The minimum atomic E-state index is -0.441. The third kappa shape index (κ3) is 3.61. The Bertz CT molecular complexity index is 832. The topological polar surface area (TPSA) is 46.6 Å². The monoisotopic (exact) mass is 401 g/mol.